The number of nitrogen functional groups attached to an aromatic ring is 1. The summed E-state index contributed by atoms with van der Waals surface area (Å²) >= 11 is 1.66. The highest BCUT2D eigenvalue weighted by atomic mass is 32.1. The summed E-state index contributed by atoms with van der Waals surface area (Å²) < 4.78 is 2.00. The van der Waals surface area contributed by atoms with Crippen LogP contribution in [0.5, 0.6) is 0 Å². The van der Waals surface area contributed by atoms with Gasteiger partial charge in [0.15, 0.2) is 0 Å². The third kappa shape index (κ3) is 1.78. The molecule has 0 unspecified atom stereocenters. The standard InChI is InChI=1S/C14H15N3S/c1-2-3-10-4-6-11(7-5-10)12-9-18-13-8-16-14(15)17(12)13/h4-9H,2-3H2,1H3,(H2,15,16). The van der Waals surface area contributed by atoms with Gasteiger partial charge >= 0.3 is 0 Å². The van der Waals surface area contributed by atoms with Crippen LogP contribution in [0.4, 0.5) is 5.95 Å². The van der Waals surface area contributed by atoms with E-state index in [2.05, 4.69) is 41.6 Å². The Bertz CT molecular complexity index is 664. The van der Waals surface area contributed by atoms with Crippen molar-refractivity contribution in [2.45, 2.75) is 19.8 Å². The second kappa shape index (κ2) is 4.46. The van der Waals surface area contributed by atoms with Crippen LogP contribution in [0, 0.1) is 0 Å². The van der Waals surface area contributed by atoms with Crippen molar-refractivity contribution in [1.29, 1.82) is 0 Å². The van der Waals surface area contributed by atoms with Gasteiger partial charge in [0, 0.05) is 5.38 Å². The predicted octanol–water partition coefficient (Wildman–Crippen LogP) is 3.60. The van der Waals surface area contributed by atoms with Crippen LogP contribution >= 0.6 is 11.3 Å². The third-order valence-corrected chi connectivity index (χ3v) is 3.95. The van der Waals surface area contributed by atoms with Gasteiger partial charge in [-0.3, -0.25) is 4.40 Å². The number of benzene rings is 1. The molecule has 18 heavy (non-hydrogen) atoms. The normalized spacial score (nSPS) is 11.2. The Balaban J connectivity index is 2.05. The molecule has 92 valence electrons. The molecule has 3 aromatic rings. The Morgan fingerprint density at radius 1 is 1.28 bits per heavy atom. The quantitative estimate of drug-likeness (QED) is 0.779. The molecule has 0 saturated heterocycles. The smallest absolute Gasteiger partial charge is 0.206 e. The van der Waals surface area contributed by atoms with Gasteiger partial charge in [0.2, 0.25) is 5.95 Å². The molecule has 0 radical (unpaired) electrons. The minimum Gasteiger partial charge on any atom is -0.369 e. The molecule has 3 rings (SSSR count). The van der Waals surface area contributed by atoms with Crippen LogP contribution in [0.25, 0.3) is 16.1 Å². The molecule has 1 aromatic carbocycles. The number of nitrogens with zero attached hydrogens (tertiary/aromatic N) is 2. The van der Waals surface area contributed by atoms with Crippen molar-refractivity contribution >= 4 is 22.1 Å². The van der Waals surface area contributed by atoms with Gasteiger partial charge in [-0.25, -0.2) is 4.98 Å². The van der Waals surface area contributed by atoms with Crippen molar-refractivity contribution in [3.8, 4) is 11.3 Å². The fourth-order valence-corrected chi connectivity index (χ4v) is 3.06. The number of nitrogens with two attached hydrogens (primary N) is 1. The van der Waals surface area contributed by atoms with Crippen molar-refractivity contribution in [3.05, 3.63) is 41.4 Å². The number of aromatic nitrogens is 2. The fraction of sp³-hybridized carbons (Fsp3) is 0.214. The first-order valence-electron chi connectivity index (χ1n) is 6.09. The molecule has 4 heteroatoms. The van der Waals surface area contributed by atoms with Gasteiger partial charge in [0.25, 0.3) is 0 Å². The number of hydrogen-bond acceptors (Lipinski definition) is 3. The van der Waals surface area contributed by atoms with E-state index in [1.54, 1.807) is 11.3 Å². The number of aryl methyl sites for hydroxylation is 1. The van der Waals surface area contributed by atoms with Crippen molar-refractivity contribution in [3.63, 3.8) is 0 Å². The molecule has 3 nitrogen and oxygen atoms in total. The average Bonchev–Trinajstić information content (AvgIpc) is 2.95. The summed E-state index contributed by atoms with van der Waals surface area (Å²) in [5.74, 6) is 0.555. The second-order valence-corrected chi connectivity index (χ2v) is 5.25. The molecule has 0 amide bonds. The highest BCUT2D eigenvalue weighted by Crippen LogP contribution is 2.28. The molecule has 2 N–H and O–H groups in total. The van der Waals surface area contributed by atoms with Crippen LogP contribution in [0.1, 0.15) is 18.9 Å². The summed E-state index contributed by atoms with van der Waals surface area (Å²) in [5.41, 5.74) is 9.58. The molecule has 0 aliphatic carbocycles. The van der Waals surface area contributed by atoms with E-state index in [1.165, 1.54) is 17.5 Å². The lowest BCUT2D eigenvalue weighted by Gasteiger charge is -2.03. The lowest BCUT2D eigenvalue weighted by atomic mass is 10.1. The Morgan fingerprint density at radius 2 is 2.06 bits per heavy atom. The Morgan fingerprint density at radius 3 is 2.78 bits per heavy atom. The maximum atomic E-state index is 5.89. The van der Waals surface area contributed by atoms with E-state index in [4.69, 9.17) is 5.73 Å². The van der Waals surface area contributed by atoms with Gasteiger partial charge in [0.1, 0.15) is 4.83 Å². The topological polar surface area (TPSA) is 43.3 Å². The average molecular weight is 257 g/mol. The summed E-state index contributed by atoms with van der Waals surface area (Å²) in [6, 6.07) is 8.70. The zero-order chi connectivity index (χ0) is 12.5. The molecule has 2 aromatic heterocycles. The monoisotopic (exact) mass is 257 g/mol. The van der Waals surface area contributed by atoms with Gasteiger partial charge in [-0.2, -0.15) is 0 Å². The Labute approximate surface area is 110 Å². The highest BCUT2D eigenvalue weighted by Gasteiger charge is 2.09. The zero-order valence-corrected chi connectivity index (χ0v) is 11.1. The summed E-state index contributed by atoms with van der Waals surface area (Å²) in [6.45, 7) is 2.20. The van der Waals surface area contributed by atoms with E-state index in [0.717, 1.165) is 16.9 Å². The summed E-state index contributed by atoms with van der Waals surface area (Å²) in [6.07, 6.45) is 4.12. The zero-order valence-electron chi connectivity index (χ0n) is 10.3. The van der Waals surface area contributed by atoms with Crippen LogP contribution in [0.3, 0.4) is 0 Å². The summed E-state index contributed by atoms with van der Waals surface area (Å²) in [7, 11) is 0. The summed E-state index contributed by atoms with van der Waals surface area (Å²) in [4.78, 5) is 5.22. The van der Waals surface area contributed by atoms with Crippen molar-refractivity contribution < 1.29 is 0 Å². The molecule has 2 heterocycles. The van der Waals surface area contributed by atoms with Crippen LogP contribution in [0.2, 0.25) is 0 Å². The third-order valence-electron chi connectivity index (χ3n) is 3.08. The number of imidazole rings is 1. The molecule has 0 aliphatic heterocycles. The van der Waals surface area contributed by atoms with E-state index in [1.807, 2.05) is 10.6 Å². The Hall–Kier alpha value is -1.81. The number of thiazole rings is 1. The molecular weight excluding hydrogens is 242 g/mol. The van der Waals surface area contributed by atoms with Gasteiger partial charge in [-0.1, -0.05) is 37.6 Å². The van der Waals surface area contributed by atoms with Crippen LogP contribution in [-0.4, -0.2) is 9.38 Å². The number of anilines is 1. The lowest BCUT2D eigenvalue weighted by Crippen LogP contribution is -1.94. The molecular formula is C14H15N3S. The van der Waals surface area contributed by atoms with Crippen molar-refractivity contribution in [1.82, 2.24) is 9.38 Å². The number of rotatable bonds is 3. The maximum Gasteiger partial charge on any atom is 0.206 e. The largest absolute Gasteiger partial charge is 0.369 e. The van der Waals surface area contributed by atoms with Gasteiger partial charge < -0.3 is 5.73 Å². The van der Waals surface area contributed by atoms with E-state index in [9.17, 15) is 0 Å². The van der Waals surface area contributed by atoms with E-state index in [0.29, 0.717) is 5.95 Å². The van der Waals surface area contributed by atoms with Gasteiger partial charge in [-0.15, -0.1) is 11.3 Å². The van der Waals surface area contributed by atoms with Crippen molar-refractivity contribution in [2.24, 2.45) is 0 Å². The molecule has 0 aliphatic rings. The first-order valence-corrected chi connectivity index (χ1v) is 6.97. The molecule has 0 spiro atoms. The fourth-order valence-electron chi connectivity index (χ4n) is 2.17. The van der Waals surface area contributed by atoms with Crippen LogP contribution in [0.15, 0.2) is 35.8 Å². The minimum atomic E-state index is 0.555. The predicted molar refractivity (Wildman–Crippen MR) is 76.9 cm³/mol. The van der Waals surface area contributed by atoms with E-state index < -0.39 is 0 Å². The molecule has 0 fully saturated rings. The molecule has 0 saturated carbocycles. The second-order valence-electron chi connectivity index (χ2n) is 4.36. The highest BCUT2D eigenvalue weighted by molar-refractivity contribution is 7.16. The van der Waals surface area contributed by atoms with Gasteiger partial charge in [0.05, 0.1) is 11.9 Å². The van der Waals surface area contributed by atoms with Gasteiger partial charge in [-0.05, 0) is 17.5 Å². The lowest BCUT2D eigenvalue weighted by molar-refractivity contribution is 0.922. The van der Waals surface area contributed by atoms with E-state index >= 15 is 0 Å². The minimum absolute atomic E-state index is 0.555. The van der Waals surface area contributed by atoms with Crippen LogP contribution < -0.4 is 5.73 Å². The van der Waals surface area contributed by atoms with Crippen molar-refractivity contribution in [2.75, 3.05) is 5.73 Å². The SMILES string of the molecule is CCCc1ccc(-c2csc3cnc(N)n23)cc1. The first kappa shape index (κ1) is 11.3. The Kier molecular flexibility index (Phi) is 2.80. The van der Waals surface area contributed by atoms with Crippen LogP contribution in [-0.2, 0) is 6.42 Å². The van der Waals surface area contributed by atoms with E-state index in [-0.39, 0.29) is 0 Å². The number of fused-ring (bicyclic) bond motifs is 1. The number of hydrogen-bond donors (Lipinski definition) is 1. The first-order chi connectivity index (χ1) is 8.79. The maximum absolute atomic E-state index is 5.89. The molecule has 0 bridgehead atoms. The molecule has 0 atom stereocenters. The summed E-state index contributed by atoms with van der Waals surface area (Å²) in [5, 5.41) is 2.13.